The first-order valence-electron chi connectivity index (χ1n) is 8.60. The molecule has 3 aliphatic rings. The number of aliphatic imine (C=N–C) groups is 1. The van der Waals surface area contributed by atoms with E-state index in [0.29, 0.717) is 17.4 Å². The monoisotopic (exact) mass is 311 g/mol. The van der Waals surface area contributed by atoms with E-state index in [1.54, 1.807) is 0 Å². The average Bonchev–Trinajstić information content (AvgIpc) is 3.15. The summed E-state index contributed by atoms with van der Waals surface area (Å²) in [7, 11) is 0. The molecule has 3 heterocycles. The van der Waals surface area contributed by atoms with Crippen LogP contribution in [0.25, 0.3) is 0 Å². The lowest BCUT2D eigenvalue weighted by Crippen LogP contribution is -2.49. The van der Waals surface area contributed by atoms with E-state index in [1.165, 1.54) is 32.2 Å². The summed E-state index contributed by atoms with van der Waals surface area (Å²) in [5.41, 5.74) is 0. The van der Waals surface area contributed by atoms with E-state index in [1.807, 2.05) is 11.8 Å². The number of nitrogens with one attached hydrogen (secondary N) is 1. The molecule has 4 nitrogen and oxygen atoms in total. The largest absolute Gasteiger partial charge is 0.373 e. The van der Waals surface area contributed by atoms with Gasteiger partial charge < -0.3 is 10.1 Å². The first-order valence-corrected chi connectivity index (χ1v) is 9.48. The van der Waals surface area contributed by atoms with Gasteiger partial charge in [0.2, 0.25) is 0 Å². The Balaban J connectivity index is 1.40. The van der Waals surface area contributed by atoms with Crippen LogP contribution in [0, 0.1) is 5.92 Å². The zero-order chi connectivity index (χ0) is 14.7. The van der Waals surface area contributed by atoms with Gasteiger partial charge in [-0.1, -0.05) is 38.5 Å². The number of nitrogens with zero attached hydrogens (tertiary/aromatic N) is 2. The zero-order valence-corrected chi connectivity index (χ0v) is 14.2. The molecule has 0 saturated carbocycles. The van der Waals surface area contributed by atoms with Gasteiger partial charge in [0.05, 0.1) is 19.3 Å². The highest BCUT2D eigenvalue weighted by Gasteiger charge is 2.32. The first-order chi connectivity index (χ1) is 10.3. The number of hydrogen-bond acceptors (Lipinski definition) is 5. The van der Waals surface area contributed by atoms with E-state index < -0.39 is 0 Å². The van der Waals surface area contributed by atoms with Crippen LogP contribution in [0.4, 0.5) is 0 Å². The van der Waals surface area contributed by atoms with Gasteiger partial charge in [0.25, 0.3) is 0 Å². The Morgan fingerprint density at radius 3 is 3.10 bits per heavy atom. The standard InChI is InChI=1S/C16H29N3OS/c1-3-12(4-2)15-9-18-16(21-15)17-8-14-10-19-7-5-6-13(19)11-20-14/h12-15H,3-11H2,1-2H3,(H,17,18). The Labute approximate surface area is 133 Å². The Hall–Kier alpha value is -0.260. The van der Waals surface area contributed by atoms with Crippen LogP contribution < -0.4 is 5.32 Å². The Bertz CT molecular complexity index is 373. The second-order valence-corrected chi connectivity index (χ2v) is 7.73. The minimum atomic E-state index is 0.329. The summed E-state index contributed by atoms with van der Waals surface area (Å²) in [5, 5.41) is 5.34. The van der Waals surface area contributed by atoms with E-state index in [2.05, 4.69) is 29.1 Å². The average molecular weight is 311 g/mol. The fourth-order valence-electron chi connectivity index (χ4n) is 3.76. The van der Waals surface area contributed by atoms with Crippen molar-refractivity contribution in [2.24, 2.45) is 10.9 Å². The van der Waals surface area contributed by atoms with E-state index in [4.69, 9.17) is 4.74 Å². The van der Waals surface area contributed by atoms with Crippen LogP contribution in [0.2, 0.25) is 0 Å². The molecular formula is C16H29N3OS. The van der Waals surface area contributed by atoms with Crippen molar-refractivity contribution in [1.29, 1.82) is 0 Å². The van der Waals surface area contributed by atoms with Crippen LogP contribution in [-0.2, 0) is 4.74 Å². The summed E-state index contributed by atoms with van der Waals surface area (Å²) < 4.78 is 6.00. The molecule has 0 aromatic heterocycles. The van der Waals surface area contributed by atoms with Gasteiger partial charge in [0.15, 0.2) is 5.17 Å². The molecule has 0 aromatic rings. The molecule has 0 spiro atoms. The number of rotatable bonds is 5. The van der Waals surface area contributed by atoms with Crippen molar-refractivity contribution in [3.63, 3.8) is 0 Å². The fourth-order valence-corrected chi connectivity index (χ4v) is 5.09. The van der Waals surface area contributed by atoms with Crippen LogP contribution in [0.15, 0.2) is 4.99 Å². The molecule has 21 heavy (non-hydrogen) atoms. The summed E-state index contributed by atoms with van der Waals surface area (Å²) >= 11 is 1.95. The molecule has 2 fully saturated rings. The normalized spacial score (nSPS) is 33.3. The van der Waals surface area contributed by atoms with Crippen LogP contribution in [-0.4, -0.2) is 60.2 Å². The number of ether oxygens (including phenoxy) is 1. The van der Waals surface area contributed by atoms with Crippen molar-refractivity contribution < 1.29 is 4.74 Å². The van der Waals surface area contributed by atoms with Crippen LogP contribution in [0.3, 0.4) is 0 Å². The highest BCUT2D eigenvalue weighted by Crippen LogP contribution is 2.30. The van der Waals surface area contributed by atoms with Crippen molar-refractivity contribution in [2.75, 3.05) is 32.8 Å². The van der Waals surface area contributed by atoms with E-state index in [-0.39, 0.29) is 0 Å². The van der Waals surface area contributed by atoms with Gasteiger partial charge in [-0.2, -0.15) is 0 Å². The molecule has 3 unspecified atom stereocenters. The summed E-state index contributed by atoms with van der Waals surface area (Å²) in [6.07, 6.45) is 5.51. The summed E-state index contributed by atoms with van der Waals surface area (Å²) in [6.45, 7) is 9.75. The molecule has 0 aromatic carbocycles. The third kappa shape index (κ3) is 3.74. The van der Waals surface area contributed by atoms with Gasteiger partial charge in [0.1, 0.15) is 0 Å². The second kappa shape index (κ2) is 7.34. The van der Waals surface area contributed by atoms with Gasteiger partial charge in [-0.15, -0.1) is 0 Å². The molecule has 5 heteroatoms. The lowest BCUT2D eigenvalue weighted by Gasteiger charge is -2.35. The maximum absolute atomic E-state index is 6.00. The molecule has 3 aliphatic heterocycles. The van der Waals surface area contributed by atoms with E-state index in [0.717, 1.165) is 37.3 Å². The number of fused-ring (bicyclic) bond motifs is 1. The van der Waals surface area contributed by atoms with Gasteiger partial charge >= 0.3 is 0 Å². The first kappa shape index (κ1) is 15.6. The van der Waals surface area contributed by atoms with E-state index in [9.17, 15) is 0 Å². The van der Waals surface area contributed by atoms with Crippen molar-refractivity contribution in [1.82, 2.24) is 10.2 Å². The van der Waals surface area contributed by atoms with Crippen molar-refractivity contribution in [3.8, 4) is 0 Å². The van der Waals surface area contributed by atoms with Gasteiger partial charge in [-0.3, -0.25) is 9.89 Å². The van der Waals surface area contributed by atoms with Gasteiger partial charge in [0, 0.05) is 24.4 Å². The number of amidine groups is 1. The summed E-state index contributed by atoms with van der Waals surface area (Å²) in [4.78, 5) is 7.29. The number of morpholine rings is 1. The van der Waals surface area contributed by atoms with Gasteiger partial charge in [-0.05, 0) is 25.3 Å². The smallest absolute Gasteiger partial charge is 0.157 e. The molecule has 0 amide bonds. The highest BCUT2D eigenvalue weighted by molar-refractivity contribution is 8.14. The van der Waals surface area contributed by atoms with Crippen molar-refractivity contribution >= 4 is 16.9 Å². The number of hydrogen-bond donors (Lipinski definition) is 1. The minimum absolute atomic E-state index is 0.329. The molecule has 3 atom stereocenters. The zero-order valence-electron chi connectivity index (χ0n) is 13.4. The second-order valence-electron chi connectivity index (χ2n) is 6.51. The molecule has 2 saturated heterocycles. The Morgan fingerprint density at radius 1 is 1.43 bits per heavy atom. The topological polar surface area (TPSA) is 36.9 Å². The summed E-state index contributed by atoms with van der Waals surface area (Å²) in [6, 6.07) is 0.693. The molecule has 0 radical (unpaired) electrons. The molecule has 0 aliphatic carbocycles. The Morgan fingerprint density at radius 2 is 2.29 bits per heavy atom. The van der Waals surface area contributed by atoms with Gasteiger partial charge in [-0.25, -0.2) is 0 Å². The van der Waals surface area contributed by atoms with Crippen LogP contribution in [0.1, 0.15) is 39.5 Å². The predicted octanol–water partition coefficient (Wildman–Crippen LogP) is 2.35. The predicted molar refractivity (Wildman–Crippen MR) is 90.1 cm³/mol. The van der Waals surface area contributed by atoms with Crippen molar-refractivity contribution in [3.05, 3.63) is 0 Å². The van der Waals surface area contributed by atoms with Crippen LogP contribution in [0.5, 0.6) is 0 Å². The fraction of sp³-hybridized carbons (Fsp3) is 0.938. The summed E-state index contributed by atoms with van der Waals surface area (Å²) in [5.74, 6) is 0.800. The third-order valence-corrected chi connectivity index (χ3v) is 6.53. The third-order valence-electron chi connectivity index (χ3n) is 5.19. The molecular weight excluding hydrogens is 282 g/mol. The maximum atomic E-state index is 6.00. The molecule has 120 valence electrons. The van der Waals surface area contributed by atoms with Crippen LogP contribution >= 0.6 is 11.8 Å². The van der Waals surface area contributed by atoms with E-state index >= 15 is 0 Å². The SMILES string of the molecule is CCC(CC)C1CN=C(NCC2CN3CCCC3CO2)S1. The Kier molecular flexibility index (Phi) is 5.46. The minimum Gasteiger partial charge on any atom is -0.373 e. The molecule has 1 N–H and O–H groups in total. The quantitative estimate of drug-likeness (QED) is 0.845. The molecule has 3 rings (SSSR count). The number of thioether (sulfide) groups is 1. The lowest BCUT2D eigenvalue weighted by atomic mass is 9.99. The maximum Gasteiger partial charge on any atom is 0.157 e. The molecule has 0 bridgehead atoms. The van der Waals surface area contributed by atoms with Crippen molar-refractivity contribution in [2.45, 2.75) is 56.9 Å². The lowest BCUT2D eigenvalue weighted by molar-refractivity contribution is -0.0451. The highest BCUT2D eigenvalue weighted by atomic mass is 32.2.